The summed E-state index contributed by atoms with van der Waals surface area (Å²) in [5.74, 6) is -2.17. The van der Waals surface area contributed by atoms with E-state index in [1.165, 1.54) is 11.0 Å². The van der Waals surface area contributed by atoms with Gasteiger partial charge in [-0.3, -0.25) is 10.1 Å². The number of nitro groups is 1. The lowest BCUT2D eigenvalue weighted by Gasteiger charge is -2.32. The third-order valence-corrected chi connectivity index (χ3v) is 3.86. The molecule has 0 spiro atoms. The minimum Gasteiger partial charge on any atom is -0.463 e. The molecule has 24 heavy (non-hydrogen) atoms. The Hall–Kier alpha value is -2.51. The van der Waals surface area contributed by atoms with Gasteiger partial charge in [0.2, 0.25) is 0 Å². The number of carbonyl (C=O) groups is 1. The van der Waals surface area contributed by atoms with Crippen LogP contribution in [0.3, 0.4) is 0 Å². The van der Waals surface area contributed by atoms with Crippen molar-refractivity contribution in [3.63, 3.8) is 0 Å². The summed E-state index contributed by atoms with van der Waals surface area (Å²) in [6.07, 6.45) is 4.35. The van der Waals surface area contributed by atoms with Gasteiger partial charge in [0.25, 0.3) is 5.69 Å². The van der Waals surface area contributed by atoms with Crippen molar-refractivity contribution >= 4 is 17.3 Å². The molecule has 1 aromatic rings. The SMILES string of the molecule is CCOC(=O)/C=C/C1CCN(c2c(F)cc([N+](=O)[O-])cc2F)CC1. The molecule has 1 aliphatic rings. The smallest absolute Gasteiger partial charge is 0.330 e. The number of carbonyl (C=O) groups excluding carboxylic acids is 1. The summed E-state index contributed by atoms with van der Waals surface area (Å²) in [6.45, 7) is 2.81. The first-order valence-electron chi connectivity index (χ1n) is 7.65. The first-order valence-corrected chi connectivity index (χ1v) is 7.65. The standard InChI is InChI=1S/C16H18F2N2O4/c1-2-24-15(21)4-3-11-5-7-19(8-6-11)16-13(17)9-12(20(22)23)10-14(16)18/h3-4,9-11H,2,5-8H2,1H3/b4-3+. The van der Waals surface area contributed by atoms with Crippen LogP contribution in [0.25, 0.3) is 0 Å². The van der Waals surface area contributed by atoms with E-state index in [-0.39, 0.29) is 11.6 Å². The number of hydrogen-bond acceptors (Lipinski definition) is 5. The summed E-state index contributed by atoms with van der Waals surface area (Å²) in [6, 6.07) is 1.45. The number of ether oxygens (including phenoxy) is 1. The number of rotatable bonds is 5. The van der Waals surface area contributed by atoms with Crippen molar-refractivity contribution < 1.29 is 23.2 Å². The minimum atomic E-state index is -0.942. The van der Waals surface area contributed by atoms with Gasteiger partial charge in [0.05, 0.1) is 23.7 Å². The van der Waals surface area contributed by atoms with Crippen LogP contribution in [0, 0.1) is 27.7 Å². The maximum atomic E-state index is 14.0. The molecule has 0 atom stereocenters. The minimum absolute atomic E-state index is 0.120. The van der Waals surface area contributed by atoms with Crippen LogP contribution in [0.5, 0.6) is 0 Å². The Morgan fingerprint density at radius 1 is 1.38 bits per heavy atom. The first-order chi connectivity index (χ1) is 11.4. The highest BCUT2D eigenvalue weighted by Gasteiger charge is 2.25. The van der Waals surface area contributed by atoms with Crippen LogP contribution >= 0.6 is 0 Å². The Labute approximate surface area is 137 Å². The van der Waals surface area contributed by atoms with Crippen LogP contribution in [-0.2, 0) is 9.53 Å². The average Bonchev–Trinajstić information content (AvgIpc) is 2.53. The molecule has 2 rings (SSSR count). The summed E-state index contributed by atoms with van der Waals surface area (Å²) in [7, 11) is 0. The summed E-state index contributed by atoms with van der Waals surface area (Å²) in [5.41, 5.74) is -0.852. The van der Waals surface area contributed by atoms with Gasteiger partial charge >= 0.3 is 5.97 Å². The molecule has 0 saturated carbocycles. The summed E-state index contributed by atoms with van der Waals surface area (Å²) in [5, 5.41) is 10.6. The summed E-state index contributed by atoms with van der Waals surface area (Å²) in [4.78, 5) is 22.6. The largest absolute Gasteiger partial charge is 0.463 e. The molecular weight excluding hydrogens is 322 g/mol. The van der Waals surface area contributed by atoms with Crippen molar-refractivity contribution in [1.82, 2.24) is 0 Å². The van der Waals surface area contributed by atoms with Gasteiger partial charge < -0.3 is 9.64 Å². The zero-order valence-electron chi connectivity index (χ0n) is 13.2. The monoisotopic (exact) mass is 340 g/mol. The van der Waals surface area contributed by atoms with Crippen LogP contribution in [0.4, 0.5) is 20.2 Å². The van der Waals surface area contributed by atoms with Gasteiger partial charge in [0.15, 0.2) is 11.6 Å². The molecule has 0 unspecified atom stereocenters. The highest BCUT2D eigenvalue weighted by molar-refractivity contribution is 5.81. The van der Waals surface area contributed by atoms with Crippen LogP contribution < -0.4 is 4.90 Å². The van der Waals surface area contributed by atoms with E-state index < -0.39 is 28.2 Å². The maximum Gasteiger partial charge on any atom is 0.330 e. The fourth-order valence-corrected chi connectivity index (χ4v) is 2.68. The number of esters is 1. The van der Waals surface area contributed by atoms with E-state index in [0.29, 0.717) is 32.5 Å². The molecule has 0 aromatic heterocycles. The maximum absolute atomic E-state index is 14.0. The quantitative estimate of drug-likeness (QED) is 0.356. The fraction of sp³-hybridized carbons (Fsp3) is 0.438. The van der Waals surface area contributed by atoms with E-state index in [0.717, 1.165) is 12.1 Å². The zero-order chi connectivity index (χ0) is 17.7. The fourth-order valence-electron chi connectivity index (χ4n) is 2.68. The molecule has 0 aliphatic carbocycles. The van der Waals surface area contributed by atoms with Crippen molar-refractivity contribution in [2.45, 2.75) is 19.8 Å². The zero-order valence-corrected chi connectivity index (χ0v) is 13.2. The molecule has 1 saturated heterocycles. The van der Waals surface area contributed by atoms with Crippen molar-refractivity contribution in [1.29, 1.82) is 0 Å². The second-order valence-electron chi connectivity index (χ2n) is 5.45. The van der Waals surface area contributed by atoms with Crippen LogP contribution in [-0.4, -0.2) is 30.6 Å². The second-order valence-corrected chi connectivity index (χ2v) is 5.45. The highest BCUT2D eigenvalue weighted by Crippen LogP contribution is 2.31. The van der Waals surface area contributed by atoms with Gasteiger partial charge in [0.1, 0.15) is 5.69 Å². The third-order valence-electron chi connectivity index (χ3n) is 3.86. The number of non-ortho nitro benzene ring substituents is 1. The molecule has 130 valence electrons. The summed E-state index contributed by atoms with van der Waals surface area (Å²) < 4.78 is 32.9. The van der Waals surface area contributed by atoms with Gasteiger partial charge in [-0.2, -0.15) is 0 Å². The van der Waals surface area contributed by atoms with Crippen molar-refractivity contribution in [2.24, 2.45) is 5.92 Å². The van der Waals surface area contributed by atoms with E-state index in [1.54, 1.807) is 13.0 Å². The Morgan fingerprint density at radius 3 is 2.46 bits per heavy atom. The molecular formula is C16H18F2N2O4. The number of hydrogen-bond donors (Lipinski definition) is 0. The molecule has 0 bridgehead atoms. The second kappa shape index (κ2) is 7.85. The molecule has 1 aromatic carbocycles. The normalized spacial score (nSPS) is 15.7. The van der Waals surface area contributed by atoms with Crippen molar-refractivity contribution in [2.75, 3.05) is 24.6 Å². The number of allylic oxidation sites excluding steroid dienone is 1. The topological polar surface area (TPSA) is 72.7 Å². The lowest BCUT2D eigenvalue weighted by Crippen LogP contribution is -2.34. The van der Waals surface area contributed by atoms with Crippen LogP contribution in [0.15, 0.2) is 24.3 Å². The number of piperidine rings is 1. The molecule has 0 N–H and O–H groups in total. The Balaban J connectivity index is 2.02. The van der Waals surface area contributed by atoms with E-state index in [4.69, 9.17) is 4.74 Å². The lowest BCUT2D eigenvalue weighted by molar-refractivity contribution is -0.385. The number of anilines is 1. The predicted molar refractivity (Wildman–Crippen MR) is 83.7 cm³/mol. The van der Waals surface area contributed by atoms with E-state index in [9.17, 15) is 23.7 Å². The number of nitrogens with zero attached hydrogens (tertiary/aromatic N) is 2. The predicted octanol–water partition coefficient (Wildman–Crippen LogP) is 3.21. The van der Waals surface area contributed by atoms with Gasteiger partial charge in [-0.15, -0.1) is 0 Å². The van der Waals surface area contributed by atoms with Gasteiger partial charge in [0, 0.05) is 19.2 Å². The number of benzene rings is 1. The third kappa shape index (κ3) is 4.27. The molecule has 1 fully saturated rings. The van der Waals surface area contributed by atoms with Gasteiger partial charge in [-0.05, 0) is 25.7 Å². The Morgan fingerprint density at radius 2 is 1.96 bits per heavy atom. The number of halogens is 2. The highest BCUT2D eigenvalue weighted by atomic mass is 19.1. The number of nitro benzene ring substituents is 1. The van der Waals surface area contributed by atoms with Crippen molar-refractivity contribution in [3.05, 3.63) is 46.0 Å². The van der Waals surface area contributed by atoms with Gasteiger partial charge in [-0.25, -0.2) is 13.6 Å². The van der Waals surface area contributed by atoms with Gasteiger partial charge in [-0.1, -0.05) is 6.08 Å². The molecule has 0 amide bonds. The van der Waals surface area contributed by atoms with Crippen LogP contribution in [0.2, 0.25) is 0 Å². The van der Waals surface area contributed by atoms with Crippen LogP contribution in [0.1, 0.15) is 19.8 Å². The van der Waals surface area contributed by atoms with E-state index in [2.05, 4.69) is 0 Å². The summed E-state index contributed by atoms with van der Waals surface area (Å²) >= 11 is 0. The van der Waals surface area contributed by atoms with E-state index >= 15 is 0 Å². The molecule has 8 heteroatoms. The molecule has 6 nitrogen and oxygen atoms in total. The molecule has 1 aliphatic heterocycles. The molecule has 0 radical (unpaired) electrons. The first kappa shape index (κ1) is 17.8. The Kier molecular flexibility index (Phi) is 5.83. The lowest BCUT2D eigenvalue weighted by atomic mass is 9.96. The average molecular weight is 340 g/mol. The Bertz CT molecular complexity index is 632. The van der Waals surface area contributed by atoms with E-state index in [1.807, 2.05) is 0 Å². The van der Waals surface area contributed by atoms with Crippen molar-refractivity contribution in [3.8, 4) is 0 Å². The molecule has 1 heterocycles.